The third kappa shape index (κ3) is 2.80. The molecule has 0 fully saturated rings. The summed E-state index contributed by atoms with van der Waals surface area (Å²) in [5, 5.41) is 1.42. The fraction of sp³-hybridized carbons (Fsp3) is 0.273. The first kappa shape index (κ1) is 12.2. The van der Waals surface area contributed by atoms with Crippen molar-refractivity contribution in [3.63, 3.8) is 0 Å². The maximum Gasteiger partial charge on any atom is 0.224 e. The molecular formula is C11H12Cl2N2. The molecule has 1 aromatic heterocycles. The van der Waals surface area contributed by atoms with Gasteiger partial charge in [0.2, 0.25) is 5.28 Å². The van der Waals surface area contributed by atoms with Gasteiger partial charge in [-0.2, -0.15) is 0 Å². The first-order valence-electron chi connectivity index (χ1n) is 4.76. The summed E-state index contributed by atoms with van der Waals surface area (Å²) in [4.78, 5) is 7.91. The van der Waals surface area contributed by atoms with Gasteiger partial charge in [0.1, 0.15) is 5.15 Å². The zero-order valence-corrected chi connectivity index (χ0v) is 10.4. The Morgan fingerprint density at radius 3 is 2.40 bits per heavy atom. The van der Waals surface area contributed by atoms with Crippen molar-refractivity contribution in [1.82, 2.24) is 9.97 Å². The Bertz CT molecular complexity index is 469. The van der Waals surface area contributed by atoms with Crippen LogP contribution in [0.15, 0.2) is 18.2 Å². The molecule has 1 aromatic carbocycles. The summed E-state index contributed by atoms with van der Waals surface area (Å²) in [6.45, 7) is 5.99. The van der Waals surface area contributed by atoms with E-state index in [1.807, 2.05) is 39.0 Å². The Balaban J connectivity index is 0.000000531. The molecule has 1 heterocycles. The largest absolute Gasteiger partial charge is 0.224 e. The maximum atomic E-state index is 5.90. The van der Waals surface area contributed by atoms with Gasteiger partial charge in [-0.1, -0.05) is 37.1 Å². The van der Waals surface area contributed by atoms with E-state index in [-0.39, 0.29) is 5.28 Å². The fourth-order valence-corrected chi connectivity index (χ4v) is 1.63. The Labute approximate surface area is 99.3 Å². The molecule has 0 atom stereocenters. The third-order valence-corrected chi connectivity index (χ3v) is 2.23. The van der Waals surface area contributed by atoms with Gasteiger partial charge in [-0.25, -0.2) is 9.97 Å². The van der Waals surface area contributed by atoms with Crippen LogP contribution in [0.2, 0.25) is 10.4 Å². The van der Waals surface area contributed by atoms with Gasteiger partial charge in [-0.15, -0.1) is 0 Å². The van der Waals surface area contributed by atoms with E-state index in [0.717, 1.165) is 16.5 Å². The lowest BCUT2D eigenvalue weighted by Gasteiger charge is -2.00. The van der Waals surface area contributed by atoms with Crippen LogP contribution in [0.1, 0.15) is 19.4 Å². The molecule has 2 rings (SSSR count). The van der Waals surface area contributed by atoms with Crippen molar-refractivity contribution in [2.24, 2.45) is 0 Å². The average molecular weight is 243 g/mol. The van der Waals surface area contributed by atoms with Crippen molar-refractivity contribution in [1.29, 1.82) is 0 Å². The van der Waals surface area contributed by atoms with E-state index in [9.17, 15) is 0 Å². The number of benzene rings is 1. The Morgan fingerprint density at radius 2 is 1.73 bits per heavy atom. The number of aromatic nitrogens is 2. The van der Waals surface area contributed by atoms with Crippen molar-refractivity contribution in [3.8, 4) is 0 Å². The molecule has 0 saturated heterocycles. The summed E-state index contributed by atoms with van der Waals surface area (Å²) in [5.41, 5.74) is 1.90. The highest BCUT2D eigenvalue weighted by Crippen LogP contribution is 2.22. The van der Waals surface area contributed by atoms with E-state index in [2.05, 4.69) is 9.97 Å². The van der Waals surface area contributed by atoms with E-state index in [1.54, 1.807) is 0 Å². The number of fused-ring (bicyclic) bond motifs is 1. The summed E-state index contributed by atoms with van der Waals surface area (Å²) in [7, 11) is 0. The molecular weight excluding hydrogens is 231 g/mol. The summed E-state index contributed by atoms with van der Waals surface area (Å²) >= 11 is 11.6. The monoisotopic (exact) mass is 242 g/mol. The minimum Gasteiger partial charge on any atom is -0.218 e. The molecule has 0 radical (unpaired) electrons. The lowest BCUT2D eigenvalue weighted by Crippen LogP contribution is -1.86. The standard InChI is InChI=1S/C9H6Cl2N2.C2H6/c1-5-2-3-7-6(4-5)8(10)13-9(11)12-7;1-2/h2-4H,1H3;1-2H3. The molecule has 0 aliphatic heterocycles. The number of aryl methyl sites for hydroxylation is 1. The predicted octanol–water partition coefficient (Wildman–Crippen LogP) is 4.27. The van der Waals surface area contributed by atoms with Crippen molar-refractivity contribution < 1.29 is 0 Å². The third-order valence-electron chi connectivity index (χ3n) is 1.78. The zero-order chi connectivity index (χ0) is 11.4. The molecule has 0 amide bonds. The lowest BCUT2D eigenvalue weighted by molar-refractivity contribution is 1.22. The van der Waals surface area contributed by atoms with Crippen LogP contribution in [0, 0.1) is 6.92 Å². The minimum atomic E-state index is 0.182. The molecule has 80 valence electrons. The van der Waals surface area contributed by atoms with Crippen LogP contribution >= 0.6 is 23.2 Å². The van der Waals surface area contributed by atoms with Crippen molar-refractivity contribution in [2.75, 3.05) is 0 Å². The topological polar surface area (TPSA) is 25.8 Å². The van der Waals surface area contributed by atoms with Crippen LogP contribution in [0.25, 0.3) is 10.9 Å². The van der Waals surface area contributed by atoms with E-state index in [0.29, 0.717) is 5.15 Å². The van der Waals surface area contributed by atoms with Gasteiger partial charge in [-0.3, -0.25) is 0 Å². The molecule has 2 aromatic rings. The smallest absolute Gasteiger partial charge is 0.218 e. The molecule has 0 saturated carbocycles. The number of rotatable bonds is 0. The number of hydrogen-bond donors (Lipinski definition) is 0. The molecule has 0 bridgehead atoms. The van der Waals surface area contributed by atoms with E-state index in [4.69, 9.17) is 23.2 Å². The number of hydrogen-bond acceptors (Lipinski definition) is 2. The molecule has 0 N–H and O–H groups in total. The van der Waals surface area contributed by atoms with Crippen LogP contribution < -0.4 is 0 Å². The quantitative estimate of drug-likeness (QED) is 0.510. The summed E-state index contributed by atoms with van der Waals surface area (Å²) < 4.78 is 0. The second kappa shape index (κ2) is 5.29. The Morgan fingerprint density at radius 1 is 1.07 bits per heavy atom. The molecule has 15 heavy (non-hydrogen) atoms. The fourth-order valence-electron chi connectivity index (χ4n) is 1.18. The molecule has 0 aliphatic rings. The SMILES string of the molecule is CC.Cc1ccc2nc(Cl)nc(Cl)c2c1. The lowest BCUT2D eigenvalue weighted by atomic mass is 10.2. The average Bonchev–Trinajstić information content (AvgIpc) is 2.22. The summed E-state index contributed by atoms with van der Waals surface area (Å²) in [6, 6.07) is 5.78. The highest BCUT2D eigenvalue weighted by atomic mass is 35.5. The molecule has 0 aliphatic carbocycles. The van der Waals surface area contributed by atoms with Crippen LogP contribution in [-0.4, -0.2) is 9.97 Å². The van der Waals surface area contributed by atoms with E-state index < -0.39 is 0 Å². The second-order valence-corrected chi connectivity index (χ2v) is 3.50. The molecule has 0 spiro atoms. The molecule has 0 unspecified atom stereocenters. The van der Waals surface area contributed by atoms with Gasteiger partial charge < -0.3 is 0 Å². The normalized spacial score (nSPS) is 9.67. The molecule has 2 nitrogen and oxygen atoms in total. The predicted molar refractivity (Wildman–Crippen MR) is 65.6 cm³/mol. The minimum absolute atomic E-state index is 0.182. The first-order valence-corrected chi connectivity index (χ1v) is 5.52. The Kier molecular flexibility index (Phi) is 4.30. The highest BCUT2D eigenvalue weighted by Gasteiger charge is 2.03. The van der Waals surface area contributed by atoms with Crippen LogP contribution in [0.5, 0.6) is 0 Å². The van der Waals surface area contributed by atoms with Crippen molar-refractivity contribution >= 4 is 34.1 Å². The van der Waals surface area contributed by atoms with Crippen LogP contribution in [0.3, 0.4) is 0 Å². The van der Waals surface area contributed by atoms with E-state index >= 15 is 0 Å². The van der Waals surface area contributed by atoms with Crippen LogP contribution in [0.4, 0.5) is 0 Å². The second-order valence-electron chi connectivity index (χ2n) is 2.80. The number of halogens is 2. The van der Waals surface area contributed by atoms with Gasteiger partial charge >= 0.3 is 0 Å². The highest BCUT2D eigenvalue weighted by molar-refractivity contribution is 6.35. The van der Waals surface area contributed by atoms with Crippen molar-refractivity contribution in [2.45, 2.75) is 20.8 Å². The van der Waals surface area contributed by atoms with Crippen LogP contribution in [-0.2, 0) is 0 Å². The maximum absolute atomic E-state index is 5.90. The number of nitrogens with zero attached hydrogens (tertiary/aromatic N) is 2. The van der Waals surface area contributed by atoms with Gasteiger partial charge in [0.25, 0.3) is 0 Å². The zero-order valence-electron chi connectivity index (χ0n) is 8.88. The summed E-state index contributed by atoms with van der Waals surface area (Å²) in [6.07, 6.45) is 0. The Hall–Kier alpha value is -0.860. The van der Waals surface area contributed by atoms with Gasteiger partial charge in [-0.05, 0) is 30.7 Å². The van der Waals surface area contributed by atoms with E-state index in [1.165, 1.54) is 0 Å². The molecule has 4 heteroatoms. The van der Waals surface area contributed by atoms with Gasteiger partial charge in [0.15, 0.2) is 0 Å². The summed E-state index contributed by atoms with van der Waals surface area (Å²) in [5.74, 6) is 0. The van der Waals surface area contributed by atoms with Gasteiger partial charge in [0, 0.05) is 5.39 Å². The first-order chi connectivity index (χ1) is 7.16. The van der Waals surface area contributed by atoms with Crippen molar-refractivity contribution in [3.05, 3.63) is 34.2 Å². The van der Waals surface area contributed by atoms with Gasteiger partial charge in [0.05, 0.1) is 5.52 Å².